The topological polar surface area (TPSA) is 27.3 Å². The molecule has 1 fully saturated rings. The van der Waals surface area contributed by atoms with E-state index < -0.39 is 0 Å². The van der Waals surface area contributed by atoms with Crippen molar-refractivity contribution in [1.29, 1.82) is 0 Å². The zero-order valence-electron chi connectivity index (χ0n) is 8.95. The van der Waals surface area contributed by atoms with Crippen LogP contribution in [-0.4, -0.2) is 10.8 Å². The van der Waals surface area contributed by atoms with Crippen LogP contribution < -0.4 is 15.8 Å². The van der Waals surface area contributed by atoms with Gasteiger partial charge in [-0.1, -0.05) is 25.1 Å². The molecule has 2 rings (SSSR count). The average Bonchev–Trinajstić information content (AvgIpc) is 2.57. The van der Waals surface area contributed by atoms with Crippen LogP contribution in [0, 0.1) is 0 Å². The van der Waals surface area contributed by atoms with Crippen LogP contribution in [0.15, 0.2) is 30.3 Å². The summed E-state index contributed by atoms with van der Waals surface area (Å²) in [6.45, 7) is 4.27. The predicted octanol–water partition coefficient (Wildman–Crippen LogP) is 2.01. The second kappa shape index (κ2) is 3.79. The van der Waals surface area contributed by atoms with E-state index in [9.17, 15) is 0 Å². The predicted molar refractivity (Wildman–Crippen MR) is 66.5 cm³/mol. The number of thiocarbonyl (C=S) groups is 1. The molecule has 0 amide bonds. The van der Waals surface area contributed by atoms with Crippen molar-refractivity contribution in [3.05, 3.63) is 30.3 Å². The SMILES string of the molecule is CCC1(C)NNC(=S)N1c1ccccc1. The van der Waals surface area contributed by atoms with E-state index in [0.717, 1.165) is 17.2 Å². The van der Waals surface area contributed by atoms with Crippen LogP contribution in [0.5, 0.6) is 0 Å². The van der Waals surface area contributed by atoms with E-state index in [1.54, 1.807) is 0 Å². The monoisotopic (exact) mass is 221 g/mol. The van der Waals surface area contributed by atoms with Crippen molar-refractivity contribution in [2.75, 3.05) is 4.90 Å². The van der Waals surface area contributed by atoms with Gasteiger partial charge in [0.05, 0.1) is 0 Å². The molecule has 2 N–H and O–H groups in total. The molecule has 1 aliphatic heterocycles. The highest BCUT2D eigenvalue weighted by Gasteiger charge is 2.38. The lowest BCUT2D eigenvalue weighted by Gasteiger charge is -2.33. The molecule has 0 saturated carbocycles. The molecule has 0 bridgehead atoms. The van der Waals surface area contributed by atoms with E-state index in [4.69, 9.17) is 12.2 Å². The molecular formula is C11H15N3S. The molecule has 0 spiro atoms. The Morgan fingerprint density at radius 3 is 2.60 bits per heavy atom. The third-order valence-corrected chi connectivity index (χ3v) is 3.12. The first kappa shape index (κ1) is 10.4. The van der Waals surface area contributed by atoms with Gasteiger partial charge in [-0.25, -0.2) is 5.43 Å². The van der Waals surface area contributed by atoms with Crippen LogP contribution in [0.2, 0.25) is 0 Å². The molecule has 3 nitrogen and oxygen atoms in total. The van der Waals surface area contributed by atoms with Crippen LogP contribution in [0.1, 0.15) is 20.3 Å². The van der Waals surface area contributed by atoms with Gasteiger partial charge in [-0.15, -0.1) is 0 Å². The van der Waals surface area contributed by atoms with E-state index >= 15 is 0 Å². The zero-order chi connectivity index (χ0) is 10.9. The molecule has 0 aromatic heterocycles. The first-order valence-electron chi connectivity index (χ1n) is 5.10. The maximum Gasteiger partial charge on any atom is 0.189 e. The smallest absolute Gasteiger partial charge is 0.189 e. The maximum atomic E-state index is 5.29. The van der Waals surface area contributed by atoms with Crippen LogP contribution in [-0.2, 0) is 0 Å². The molecule has 80 valence electrons. The molecule has 4 heteroatoms. The Balaban J connectivity index is 2.38. The number of rotatable bonds is 2. The quantitative estimate of drug-likeness (QED) is 0.747. The largest absolute Gasteiger partial charge is 0.298 e. The number of para-hydroxylation sites is 1. The van der Waals surface area contributed by atoms with Gasteiger partial charge < -0.3 is 0 Å². The van der Waals surface area contributed by atoms with Crippen molar-refractivity contribution in [2.24, 2.45) is 0 Å². The molecule has 1 atom stereocenters. The number of hydrogen-bond donors (Lipinski definition) is 2. The second-order valence-corrected chi connectivity index (χ2v) is 4.24. The summed E-state index contributed by atoms with van der Waals surface area (Å²) in [5.74, 6) is 0. The molecule has 15 heavy (non-hydrogen) atoms. The van der Waals surface area contributed by atoms with Gasteiger partial charge in [0, 0.05) is 5.69 Å². The van der Waals surface area contributed by atoms with Gasteiger partial charge in [0.2, 0.25) is 0 Å². The Morgan fingerprint density at radius 1 is 1.33 bits per heavy atom. The maximum absolute atomic E-state index is 5.29. The minimum Gasteiger partial charge on any atom is -0.298 e. The first-order valence-corrected chi connectivity index (χ1v) is 5.50. The summed E-state index contributed by atoms with van der Waals surface area (Å²) in [5.41, 5.74) is 7.21. The summed E-state index contributed by atoms with van der Waals surface area (Å²) in [6, 6.07) is 10.2. The summed E-state index contributed by atoms with van der Waals surface area (Å²) in [4.78, 5) is 2.11. The highest BCUT2D eigenvalue weighted by atomic mass is 32.1. The highest BCUT2D eigenvalue weighted by molar-refractivity contribution is 7.80. The lowest BCUT2D eigenvalue weighted by molar-refractivity contribution is 0.379. The summed E-state index contributed by atoms with van der Waals surface area (Å²) in [5, 5.41) is 0.727. The molecule has 1 aromatic carbocycles. The number of anilines is 1. The van der Waals surface area contributed by atoms with Gasteiger partial charge in [-0.05, 0) is 37.7 Å². The van der Waals surface area contributed by atoms with E-state index in [1.807, 2.05) is 18.2 Å². The van der Waals surface area contributed by atoms with Gasteiger partial charge >= 0.3 is 0 Å². The number of nitrogens with one attached hydrogen (secondary N) is 2. The average molecular weight is 221 g/mol. The lowest BCUT2D eigenvalue weighted by atomic mass is 10.1. The molecule has 1 heterocycles. The van der Waals surface area contributed by atoms with Gasteiger partial charge in [-0.3, -0.25) is 10.3 Å². The van der Waals surface area contributed by atoms with Gasteiger partial charge in [0.25, 0.3) is 0 Å². The molecule has 1 aliphatic rings. The standard InChI is InChI=1S/C11H15N3S/c1-3-11(2)13-12-10(15)14(11)9-7-5-4-6-8-9/h4-8,13H,3H2,1-2H3,(H,12,15). The van der Waals surface area contributed by atoms with E-state index in [1.165, 1.54) is 0 Å². The highest BCUT2D eigenvalue weighted by Crippen LogP contribution is 2.27. The van der Waals surface area contributed by atoms with Crippen molar-refractivity contribution in [2.45, 2.75) is 25.9 Å². The zero-order valence-corrected chi connectivity index (χ0v) is 9.77. The number of nitrogens with zero attached hydrogens (tertiary/aromatic N) is 1. The molecule has 1 unspecified atom stereocenters. The van der Waals surface area contributed by atoms with Crippen LogP contribution in [0.3, 0.4) is 0 Å². The molecule has 0 aliphatic carbocycles. The van der Waals surface area contributed by atoms with E-state index in [2.05, 4.69) is 41.7 Å². The fourth-order valence-electron chi connectivity index (χ4n) is 1.75. The summed E-state index contributed by atoms with van der Waals surface area (Å²) >= 11 is 5.29. The Kier molecular flexibility index (Phi) is 2.63. The minimum absolute atomic E-state index is 0.140. The van der Waals surface area contributed by atoms with Gasteiger partial charge in [0.15, 0.2) is 5.11 Å². The van der Waals surface area contributed by atoms with Crippen molar-refractivity contribution in [3.8, 4) is 0 Å². The molecule has 1 saturated heterocycles. The van der Waals surface area contributed by atoms with E-state index in [-0.39, 0.29) is 5.66 Å². The van der Waals surface area contributed by atoms with Crippen LogP contribution in [0.25, 0.3) is 0 Å². The lowest BCUT2D eigenvalue weighted by Crippen LogP contribution is -2.49. The van der Waals surface area contributed by atoms with Crippen LogP contribution >= 0.6 is 12.2 Å². The normalized spacial score (nSPS) is 25.5. The Bertz CT molecular complexity index is 365. The molecular weight excluding hydrogens is 206 g/mol. The molecule has 0 radical (unpaired) electrons. The van der Waals surface area contributed by atoms with Crippen molar-refractivity contribution in [1.82, 2.24) is 10.9 Å². The number of benzene rings is 1. The van der Waals surface area contributed by atoms with Crippen molar-refractivity contribution < 1.29 is 0 Å². The third-order valence-electron chi connectivity index (χ3n) is 2.84. The number of hydrazine groups is 1. The van der Waals surface area contributed by atoms with Gasteiger partial charge in [0.1, 0.15) is 5.66 Å². The molecule has 1 aromatic rings. The van der Waals surface area contributed by atoms with Crippen molar-refractivity contribution >= 4 is 23.0 Å². The van der Waals surface area contributed by atoms with Crippen molar-refractivity contribution in [3.63, 3.8) is 0 Å². The summed E-state index contributed by atoms with van der Waals surface area (Å²) in [6.07, 6.45) is 0.967. The first-order chi connectivity index (χ1) is 7.17. The Hall–Kier alpha value is -1.13. The Labute approximate surface area is 95.4 Å². The van der Waals surface area contributed by atoms with Crippen LogP contribution in [0.4, 0.5) is 5.69 Å². The fraction of sp³-hybridized carbons (Fsp3) is 0.364. The van der Waals surface area contributed by atoms with E-state index in [0.29, 0.717) is 0 Å². The summed E-state index contributed by atoms with van der Waals surface area (Å²) in [7, 11) is 0. The summed E-state index contributed by atoms with van der Waals surface area (Å²) < 4.78 is 0. The fourth-order valence-corrected chi connectivity index (χ4v) is 2.11. The minimum atomic E-state index is -0.140. The Morgan fingerprint density at radius 2 is 2.00 bits per heavy atom. The van der Waals surface area contributed by atoms with Gasteiger partial charge in [-0.2, -0.15) is 0 Å². The number of hydrogen-bond acceptors (Lipinski definition) is 2. The second-order valence-electron chi connectivity index (χ2n) is 3.85. The third kappa shape index (κ3) is 1.70.